The second kappa shape index (κ2) is 15.2. The molecule has 0 aromatic heterocycles. The van der Waals surface area contributed by atoms with E-state index in [-0.39, 0.29) is 17.7 Å². The van der Waals surface area contributed by atoms with Gasteiger partial charge in [0.25, 0.3) is 5.91 Å². The van der Waals surface area contributed by atoms with Crippen LogP contribution in [-0.2, 0) is 17.8 Å². The lowest BCUT2D eigenvalue weighted by molar-refractivity contribution is -0.126. The minimum Gasteiger partial charge on any atom is -0.508 e. The normalized spacial score (nSPS) is 23.5. The van der Waals surface area contributed by atoms with Crippen LogP contribution in [0.25, 0.3) is 0 Å². The SMILES string of the molecule is C=C1CCC(N2Cc3cc(N4CCN(CCC5CCN(c6ccc([C@H]7c8ccc(O)cc8CC[C@H]7c7ccccc7)cc6)CC5)CC4)ccc3C2=O)C(=O)N1. The van der Waals surface area contributed by atoms with Crippen LogP contribution in [0.4, 0.5) is 11.4 Å². The third-order valence-electron chi connectivity index (χ3n) is 13.3. The highest BCUT2D eigenvalue weighted by Gasteiger charge is 2.38. The van der Waals surface area contributed by atoms with Gasteiger partial charge < -0.3 is 25.1 Å². The van der Waals surface area contributed by atoms with Gasteiger partial charge in [0, 0.05) is 74.4 Å². The Morgan fingerprint density at radius 3 is 2.22 bits per heavy atom. The van der Waals surface area contributed by atoms with Gasteiger partial charge in [0.2, 0.25) is 5.91 Å². The van der Waals surface area contributed by atoms with Crippen LogP contribution in [-0.4, -0.2) is 78.6 Å². The molecule has 8 nitrogen and oxygen atoms in total. The maximum atomic E-state index is 13.2. The topological polar surface area (TPSA) is 79.4 Å². The average molecular weight is 736 g/mol. The molecule has 0 bridgehead atoms. The van der Waals surface area contributed by atoms with E-state index in [1.807, 2.05) is 18.2 Å². The molecule has 1 unspecified atom stereocenters. The van der Waals surface area contributed by atoms with Crippen LogP contribution >= 0.6 is 0 Å². The van der Waals surface area contributed by atoms with Crippen molar-refractivity contribution in [3.8, 4) is 5.75 Å². The number of carbonyl (C=O) groups excluding carboxylic acids is 2. The molecule has 0 spiro atoms. The first kappa shape index (κ1) is 35.6. The van der Waals surface area contributed by atoms with Gasteiger partial charge in [-0.2, -0.15) is 0 Å². The van der Waals surface area contributed by atoms with E-state index in [4.69, 9.17) is 0 Å². The molecule has 1 aliphatic carbocycles. The lowest BCUT2D eigenvalue weighted by Crippen LogP contribution is -2.49. The van der Waals surface area contributed by atoms with Crippen LogP contribution in [0.5, 0.6) is 5.75 Å². The van der Waals surface area contributed by atoms with Crippen molar-refractivity contribution in [1.29, 1.82) is 0 Å². The summed E-state index contributed by atoms with van der Waals surface area (Å²) in [7, 11) is 0. The molecule has 55 heavy (non-hydrogen) atoms. The number of hydrogen-bond acceptors (Lipinski definition) is 6. The van der Waals surface area contributed by atoms with Gasteiger partial charge in [-0.15, -0.1) is 0 Å². The number of piperidine rings is 2. The van der Waals surface area contributed by atoms with E-state index in [0.29, 0.717) is 31.1 Å². The summed E-state index contributed by atoms with van der Waals surface area (Å²) in [5.74, 6) is 1.66. The minimum absolute atomic E-state index is 0.0377. The average Bonchev–Trinajstić information content (AvgIpc) is 3.55. The molecule has 8 heteroatoms. The van der Waals surface area contributed by atoms with E-state index < -0.39 is 6.04 Å². The zero-order valence-electron chi connectivity index (χ0n) is 31.8. The Hall–Kier alpha value is -5.08. The number of anilines is 2. The van der Waals surface area contributed by atoms with Crippen LogP contribution in [0, 0.1) is 5.92 Å². The predicted octanol–water partition coefficient (Wildman–Crippen LogP) is 7.43. The molecule has 2 amide bonds. The monoisotopic (exact) mass is 735 g/mol. The summed E-state index contributed by atoms with van der Waals surface area (Å²) in [6.07, 6.45) is 7.13. The van der Waals surface area contributed by atoms with E-state index in [1.54, 1.807) is 4.90 Å². The van der Waals surface area contributed by atoms with Gasteiger partial charge in [0.1, 0.15) is 11.8 Å². The second-order valence-electron chi connectivity index (χ2n) is 16.5. The largest absolute Gasteiger partial charge is 0.508 e. The molecule has 3 saturated heterocycles. The first-order valence-electron chi connectivity index (χ1n) is 20.5. The molecular weight excluding hydrogens is 683 g/mol. The summed E-state index contributed by atoms with van der Waals surface area (Å²) < 4.78 is 0. The molecule has 5 aliphatic rings. The number of phenolic OH excluding ortho intramolecular Hbond substituents is 1. The Labute approximate surface area is 325 Å². The number of hydrogen-bond donors (Lipinski definition) is 2. The number of carbonyl (C=O) groups is 2. The number of nitrogens with zero attached hydrogens (tertiary/aromatic N) is 4. The Morgan fingerprint density at radius 1 is 0.709 bits per heavy atom. The molecule has 0 radical (unpaired) electrons. The minimum atomic E-state index is -0.423. The Balaban J connectivity index is 0.756. The number of phenols is 1. The van der Waals surface area contributed by atoms with Gasteiger partial charge in [-0.25, -0.2) is 0 Å². The van der Waals surface area contributed by atoms with Gasteiger partial charge in [-0.1, -0.05) is 55.1 Å². The van der Waals surface area contributed by atoms with Crippen LogP contribution in [0.2, 0.25) is 0 Å². The second-order valence-corrected chi connectivity index (χ2v) is 16.5. The van der Waals surface area contributed by atoms with Crippen molar-refractivity contribution < 1.29 is 14.7 Å². The summed E-state index contributed by atoms with van der Waals surface area (Å²) >= 11 is 0. The van der Waals surface area contributed by atoms with E-state index in [0.717, 1.165) is 81.4 Å². The number of aryl methyl sites for hydroxylation is 1. The van der Waals surface area contributed by atoms with Crippen molar-refractivity contribution in [3.05, 3.63) is 137 Å². The molecule has 3 fully saturated rings. The van der Waals surface area contributed by atoms with Crippen LogP contribution < -0.4 is 15.1 Å². The fourth-order valence-electron chi connectivity index (χ4n) is 10.1. The number of piperazine rings is 1. The summed E-state index contributed by atoms with van der Waals surface area (Å²) in [5.41, 5.74) is 10.4. The highest BCUT2D eigenvalue weighted by molar-refractivity contribution is 6.01. The van der Waals surface area contributed by atoms with Crippen molar-refractivity contribution in [2.75, 3.05) is 55.6 Å². The maximum absolute atomic E-state index is 13.2. The third kappa shape index (κ3) is 7.25. The summed E-state index contributed by atoms with van der Waals surface area (Å²) in [5, 5.41) is 13.1. The van der Waals surface area contributed by atoms with Gasteiger partial charge >= 0.3 is 0 Å². The van der Waals surface area contributed by atoms with E-state index in [9.17, 15) is 14.7 Å². The fourth-order valence-corrected chi connectivity index (χ4v) is 10.1. The summed E-state index contributed by atoms with van der Waals surface area (Å²) in [6.45, 7) is 11.8. The quantitative estimate of drug-likeness (QED) is 0.196. The van der Waals surface area contributed by atoms with Crippen molar-refractivity contribution in [3.63, 3.8) is 0 Å². The number of aromatic hydroxyl groups is 1. The molecule has 3 atom stereocenters. The Kier molecular flexibility index (Phi) is 9.85. The fraction of sp³-hybridized carbons (Fsp3) is 0.404. The number of fused-ring (bicyclic) bond motifs is 2. The van der Waals surface area contributed by atoms with Gasteiger partial charge in [-0.05, 0) is 134 Å². The zero-order valence-corrected chi connectivity index (χ0v) is 31.8. The molecule has 0 saturated carbocycles. The van der Waals surface area contributed by atoms with Crippen molar-refractivity contribution in [2.24, 2.45) is 5.92 Å². The number of amides is 2. The summed E-state index contributed by atoms with van der Waals surface area (Å²) in [4.78, 5) is 35.2. The number of benzene rings is 4. The highest BCUT2D eigenvalue weighted by Crippen LogP contribution is 2.47. The van der Waals surface area contributed by atoms with Crippen LogP contribution in [0.3, 0.4) is 0 Å². The molecule has 2 N–H and O–H groups in total. The van der Waals surface area contributed by atoms with Crippen LogP contribution in [0.15, 0.2) is 103 Å². The van der Waals surface area contributed by atoms with Crippen molar-refractivity contribution in [1.82, 2.24) is 15.1 Å². The predicted molar refractivity (Wildman–Crippen MR) is 219 cm³/mol. The van der Waals surface area contributed by atoms with Gasteiger partial charge in [-0.3, -0.25) is 14.5 Å². The van der Waals surface area contributed by atoms with Crippen molar-refractivity contribution >= 4 is 23.2 Å². The highest BCUT2D eigenvalue weighted by atomic mass is 16.3. The molecule has 4 aromatic carbocycles. The first-order chi connectivity index (χ1) is 26.9. The van der Waals surface area contributed by atoms with Gasteiger partial charge in [0.05, 0.1) is 0 Å². The lowest BCUT2D eigenvalue weighted by atomic mass is 9.69. The number of allylic oxidation sites excluding steroid dienone is 1. The standard InChI is InChI=1S/C47H53N5O3/c1-32-7-18-44(46(54)48-32)52-31-37-29-39(13-16-43(37)47(52)55)51-27-25-49(26-28-51)22-19-33-20-23-50(24-21-33)38-11-8-35(9-12-38)45-41(34-5-3-2-4-6-34)15-10-36-30-40(53)14-17-42(36)45/h2-6,8-9,11-14,16-17,29-30,33,41,44-45,53H,1,7,10,15,18-28,31H2,(H,48,54)/t41-,44?,45+/m0/s1. The Bertz CT molecular complexity index is 2050. The molecule has 4 aromatic rings. The third-order valence-corrected chi connectivity index (χ3v) is 13.3. The molecular formula is C47H53N5O3. The molecule has 9 rings (SSSR count). The van der Waals surface area contributed by atoms with Crippen molar-refractivity contribution in [2.45, 2.75) is 69.4 Å². The number of rotatable bonds is 8. The molecule has 4 heterocycles. The van der Waals surface area contributed by atoms with E-state index in [2.05, 4.69) is 99.4 Å². The smallest absolute Gasteiger partial charge is 0.255 e. The van der Waals surface area contributed by atoms with Crippen LogP contribution in [0.1, 0.15) is 88.5 Å². The Morgan fingerprint density at radius 2 is 1.45 bits per heavy atom. The molecule has 284 valence electrons. The van der Waals surface area contributed by atoms with Gasteiger partial charge in [0.15, 0.2) is 0 Å². The number of nitrogens with one attached hydrogen (secondary N) is 1. The first-order valence-corrected chi connectivity index (χ1v) is 20.5. The molecule has 4 aliphatic heterocycles. The summed E-state index contributed by atoms with van der Waals surface area (Å²) in [6, 6.07) is 32.1. The van der Waals surface area contributed by atoms with E-state index in [1.165, 1.54) is 52.9 Å². The maximum Gasteiger partial charge on any atom is 0.255 e. The van der Waals surface area contributed by atoms with E-state index >= 15 is 0 Å². The lowest BCUT2D eigenvalue weighted by Gasteiger charge is -2.38. The zero-order chi connectivity index (χ0) is 37.5.